The molecule has 0 N–H and O–H groups in total. The van der Waals surface area contributed by atoms with Gasteiger partial charge in [0.1, 0.15) is 69.8 Å². The van der Waals surface area contributed by atoms with E-state index >= 15 is 132 Å². The van der Waals surface area contributed by atoms with Gasteiger partial charge in [0.2, 0.25) is 0 Å². The SMILES string of the molecule is Fc1c(F)c(F)c([B-](c2c(F)c(F)c(F)c(F)c2F)(c2c(F)c(F)c(F)c(F)c2F)n2cc[n+]([B-](c3c(F)c(F)c(F)c(F)c3F)(c3c(F)c(F)c(F)c(F)c3F)c3c(F)c(F)c(F)c(F)c3F)c2-c2cc(C(F)(F)F)cc(C(F)(F)F)c2)c(F)c1F. The molecule has 2 nitrogen and oxygen atoms in total. The van der Waals surface area contributed by atoms with Gasteiger partial charge in [0, 0.05) is 0 Å². The summed E-state index contributed by atoms with van der Waals surface area (Å²) in [7, 11) is 0. The topological polar surface area (TPSA) is 8.81 Å². The van der Waals surface area contributed by atoms with E-state index in [0.717, 1.165) is 0 Å². The highest BCUT2D eigenvalue weighted by atomic mass is 19.4. The first-order chi connectivity index (χ1) is 40.0. The van der Waals surface area contributed by atoms with Crippen LogP contribution < -0.4 is 37.3 Å². The fourth-order valence-corrected chi connectivity index (χ4v) is 10.1. The zero-order valence-corrected chi connectivity index (χ0v) is 39.5. The maximum atomic E-state index is 17.1. The molecular weight excluding hydrogens is 1300 g/mol. The van der Waals surface area contributed by atoms with Gasteiger partial charge >= 0.3 is 12.4 Å². The molecule has 0 saturated carbocycles. The smallest absolute Gasteiger partial charge is 0.416 e. The van der Waals surface area contributed by atoms with Crippen LogP contribution in [0.4, 0.5) is 158 Å². The van der Waals surface area contributed by atoms with E-state index in [-0.39, 0.29) is 0 Å². The maximum absolute atomic E-state index is 17.1. The van der Waals surface area contributed by atoms with Gasteiger partial charge in [-0.1, -0.05) is 32.8 Å². The molecule has 0 amide bonds. The summed E-state index contributed by atoms with van der Waals surface area (Å²) in [5, 5.41) is 0. The second kappa shape index (κ2) is 21.1. The van der Waals surface area contributed by atoms with Crippen LogP contribution in [0.25, 0.3) is 11.4 Å². The molecule has 8 aromatic rings. The second-order valence-electron chi connectivity index (χ2n) is 17.8. The third kappa shape index (κ3) is 8.73. The average Bonchev–Trinajstić information content (AvgIpc) is 1.67. The lowest BCUT2D eigenvalue weighted by Gasteiger charge is -2.44. The molecule has 0 fully saturated rings. The number of nitrogens with zero attached hydrogens (tertiary/aromatic N) is 2. The van der Waals surface area contributed by atoms with Gasteiger partial charge < -0.3 is 8.96 Å². The standard InChI is InChI=1S/C47H5B2F36N2/c50-15-9(16(51)28(63)39(74)27(15)62)48(10-17(52)29(64)40(75)30(65)18(10)53,11-19(54)31(66)41(76)32(67)20(11)55)86-1-2-87(45(86)6-3-7(46(80,81)82)5-8(4-6)47(83,84)85)49(12-21(56)33(68)42(77)34(69)22(12)57,13-23(58)35(70)43(78)36(71)24(13)59)14-25(60)37(72)44(79)38(73)26(14)61/h1-5H/q-1. The summed E-state index contributed by atoms with van der Waals surface area (Å²) in [5.41, 5.74) is -34.7. The van der Waals surface area contributed by atoms with Crippen molar-refractivity contribution in [3.63, 3.8) is 0 Å². The van der Waals surface area contributed by atoms with Crippen LogP contribution in [-0.2, 0) is 12.4 Å². The van der Waals surface area contributed by atoms with E-state index in [0.29, 0.717) is 0 Å². The van der Waals surface area contributed by atoms with Crippen molar-refractivity contribution in [2.24, 2.45) is 0 Å². The minimum Gasteiger partial charge on any atom is -0.418 e. The van der Waals surface area contributed by atoms with Crippen LogP contribution in [0.15, 0.2) is 30.6 Å². The van der Waals surface area contributed by atoms with Gasteiger partial charge in [-0.05, 0) is 18.2 Å². The van der Waals surface area contributed by atoms with E-state index in [1.165, 1.54) is 0 Å². The molecule has 0 aliphatic rings. The second-order valence-corrected chi connectivity index (χ2v) is 17.8. The number of alkyl halides is 6. The van der Waals surface area contributed by atoms with Crippen molar-refractivity contribution >= 4 is 45.3 Å². The van der Waals surface area contributed by atoms with Crippen LogP contribution in [0.5, 0.6) is 0 Å². The van der Waals surface area contributed by atoms with Crippen LogP contribution in [0.2, 0.25) is 0 Å². The lowest BCUT2D eigenvalue weighted by atomic mass is 9.22. The Labute approximate surface area is 452 Å². The van der Waals surface area contributed by atoms with Gasteiger partial charge in [0.25, 0.3) is 12.6 Å². The Morgan fingerprint density at radius 1 is 0.253 bits per heavy atom. The molecule has 1 aromatic heterocycles. The normalized spacial score (nSPS) is 12.6. The molecule has 0 aliphatic heterocycles. The van der Waals surface area contributed by atoms with Crippen LogP contribution >= 0.6 is 0 Å². The van der Waals surface area contributed by atoms with Gasteiger partial charge in [-0.15, -0.1) is 0 Å². The molecule has 0 aliphatic carbocycles. The molecule has 1 heterocycles. The summed E-state index contributed by atoms with van der Waals surface area (Å²) in [5.74, 6) is -126. The average molecular weight is 1300 g/mol. The number of hydrogen-bond donors (Lipinski definition) is 0. The monoisotopic (exact) mass is 1300 g/mol. The van der Waals surface area contributed by atoms with Crippen molar-refractivity contribution in [3.8, 4) is 11.4 Å². The van der Waals surface area contributed by atoms with Crippen molar-refractivity contribution in [1.29, 1.82) is 0 Å². The van der Waals surface area contributed by atoms with E-state index in [1.54, 1.807) is 0 Å². The Hall–Kier alpha value is -8.64. The number of benzene rings is 7. The van der Waals surface area contributed by atoms with Crippen molar-refractivity contribution in [2.45, 2.75) is 12.4 Å². The Bertz CT molecular complexity index is 3560. The minimum atomic E-state index is -8.18. The van der Waals surface area contributed by atoms with Gasteiger partial charge in [0.15, 0.2) is 111 Å². The number of aromatic nitrogens is 2. The number of halogens is 36. The molecule has 7 aromatic carbocycles. The zero-order chi connectivity index (χ0) is 65.8. The minimum absolute atomic E-state index is 1.27. The Kier molecular flexibility index (Phi) is 15.6. The first-order valence-electron chi connectivity index (χ1n) is 21.8. The van der Waals surface area contributed by atoms with Crippen LogP contribution in [0.1, 0.15) is 11.1 Å². The fraction of sp³-hybridized carbons (Fsp3) is 0.0426. The predicted molar refractivity (Wildman–Crippen MR) is 218 cm³/mol. The van der Waals surface area contributed by atoms with Gasteiger partial charge in [-0.2, -0.15) is 26.3 Å². The molecule has 0 atom stereocenters. The molecule has 0 saturated heterocycles. The summed E-state index contributed by atoms with van der Waals surface area (Å²) in [6.07, 6.45) is -32.7. The van der Waals surface area contributed by atoms with Gasteiger partial charge in [-0.3, -0.25) is 0 Å². The highest BCUT2D eigenvalue weighted by molar-refractivity contribution is 7.11. The predicted octanol–water partition coefficient (Wildman–Crippen LogP) is 11.7. The summed E-state index contributed by atoms with van der Waals surface area (Å²) in [6.45, 7) is 0. The third-order valence-electron chi connectivity index (χ3n) is 13.5. The van der Waals surface area contributed by atoms with E-state index in [9.17, 15) is 26.3 Å². The first-order valence-corrected chi connectivity index (χ1v) is 21.8. The third-order valence-corrected chi connectivity index (χ3v) is 13.5. The molecule has 0 bridgehead atoms. The summed E-state index contributed by atoms with van der Waals surface area (Å²) in [6, 6.07) is -3.98. The lowest BCUT2D eigenvalue weighted by Crippen LogP contribution is -2.89. The maximum Gasteiger partial charge on any atom is 0.416 e. The van der Waals surface area contributed by atoms with E-state index < -0.39 is 294 Å². The molecular formula is C47H5B2F36N2-. The molecule has 8 rings (SSSR count). The van der Waals surface area contributed by atoms with Crippen molar-refractivity contribution in [3.05, 3.63) is 216 Å². The highest BCUT2D eigenvalue weighted by Crippen LogP contribution is 2.41. The first kappa shape index (κ1) is 64.4. The zero-order valence-electron chi connectivity index (χ0n) is 39.5. The molecule has 0 spiro atoms. The summed E-state index contributed by atoms with van der Waals surface area (Å²) < 4.78 is 571. The van der Waals surface area contributed by atoms with Crippen LogP contribution in [0.3, 0.4) is 0 Å². The van der Waals surface area contributed by atoms with Crippen molar-refractivity contribution in [1.82, 2.24) is 4.48 Å². The van der Waals surface area contributed by atoms with Crippen LogP contribution in [0, 0.1) is 175 Å². The van der Waals surface area contributed by atoms with E-state index in [2.05, 4.69) is 0 Å². The fourth-order valence-electron chi connectivity index (χ4n) is 10.1. The van der Waals surface area contributed by atoms with Crippen LogP contribution in [-0.4, -0.2) is 17.0 Å². The molecule has 0 unspecified atom stereocenters. The number of rotatable bonds is 9. The number of hydrogen-bond acceptors (Lipinski definition) is 0. The van der Waals surface area contributed by atoms with Gasteiger partial charge in [-0.25, -0.2) is 132 Å². The Morgan fingerprint density at radius 2 is 0.437 bits per heavy atom. The summed E-state index contributed by atoms with van der Waals surface area (Å²) in [4.78, 5) is 0. The number of imidazole rings is 1. The molecule has 87 heavy (non-hydrogen) atoms. The largest absolute Gasteiger partial charge is 0.418 e. The highest BCUT2D eigenvalue weighted by Gasteiger charge is 2.59. The molecule has 462 valence electrons. The van der Waals surface area contributed by atoms with Crippen molar-refractivity contribution in [2.75, 3.05) is 0 Å². The molecule has 40 heteroatoms. The van der Waals surface area contributed by atoms with E-state index in [1.807, 2.05) is 0 Å². The van der Waals surface area contributed by atoms with Crippen molar-refractivity contribution < 1.29 is 163 Å². The van der Waals surface area contributed by atoms with Gasteiger partial charge in [0.05, 0.1) is 29.1 Å². The Balaban J connectivity index is 2.01. The van der Waals surface area contributed by atoms with E-state index in [4.69, 9.17) is 0 Å². The Morgan fingerprint density at radius 3 is 0.632 bits per heavy atom. The quantitative estimate of drug-likeness (QED) is 0.0589. The molecule has 0 radical (unpaired) electrons. The lowest BCUT2D eigenvalue weighted by molar-refractivity contribution is -0.526. The summed E-state index contributed by atoms with van der Waals surface area (Å²) >= 11 is 0.